The Morgan fingerprint density at radius 3 is 2.30 bits per heavy atom. The van der Waals surface area contributed by atoms with Crippen molar-refractivity contribution in [1.82, 2.24) is 5.32 Å². The van der Waals surface area contributed by atoms with E-state index < -0.39 is 5.41 Å². The fourth-order valence-electron chi connectivity index (χ4n) is 1.80. The highest BCUT2D eigenvalue weighted by atomic mass is 16.2. The van der Waals surface area contributed by atoms with E-state index in [1.165, 1.54) is 5.56 Å². The summed E-state index contributed by atoms with van der Waals surface area (Å²) in [6.45, 7) is 7.33. The van der Waals surface area contributed by atoms with Crippen LogP contribution in [0, 0.1) is 19.3 Å². The molecule has 4 nitrogen and oxygen atoms in total. The molecule has 2 N–H and O–H groups in total. The molecule has 0 aliphatic heterocycles. The molecule has 0 unspecified atom stereocenters. The third-order valence-corrected chi connectivity index (χ3v) is 3.81. The minimum atomic E-state index is -1.07. The average molecular weight is 274 g/mol. The molecule has 0 radical (unpaired) electrons. The Labute approximate surface area is 119 Å². The minimum absolute atomic E-state index is 0.207. The van der Waals surface area contributed by atoms with E-state index in [1.807, 2.05) is 32.0 Å². The van der Waals surface area contributed by atoms with Crippen LogP contribution in [0.15, 0.2) is 18.2 Å². The van der Waals surface area contributed by atoms with Crippen LogP contribution >= 0.6 is 0 Å². The number of carbonyl (C=O) groups excluding carboxylic acids is 2. The van der Waals surface area contributed by atoms with Crippen molar-refractivity contribution in [1.29, 1.82) is 0 Å². The fraction of sp³-hybridized carbons (Fsp3) is 0.500. The number of hydrogen-bond acceptors (Lipinski definition) is 2. The first-order chi connectivity index (χ1) is 9.30. The molecule has 1 saturated carbocycles. The molecule has 0 saturated heterocycles. The SMILES string of the molecule is Cc1ccc(NC(=O)C(C)(C)C(=O)NC2CC2)cc1C. The summed E-state index contributed by atoms with van der Waals surface area (Å²) in [5.41, 5.74) is 1.95. The highest BCUT2D eigenvalue weighted by Crippen LogP contribution is 2.24. The van der Waals surface area contributed by atoms with E-state index in [-0.39, 0.29) is 17.9 Å². The Balaban J connectivity index is 2.05. The Hall–Kier alpha value is -1.84. The van der Waals surface area contributed by atoms with Crippen molar-refractivity contribution in [3.63, 3.8) is 0 Å². The number of carbonyl (C=O) groups is 2. The van der Waals surface area contributed by atoms with Crippen molar-refractivity contribution >= 4 is 17.5 Å². The van der Waals surface area contributed by atoms with Crippen LogP contribution < -0.4 is 10.6 Å². The zero-order chi connectivity index (χ0) is 14.9. The summed E-state index contributed by atoms with van der Waals surface area (Å²) >= 11 is 0. The molecular formula is C16H22N2O2. The highest BCUT2D eigenvalue weighted by molar-refractivity contribution is 6.10. The highest BCUT2D eigenvalue weighted by Gasteiger charge is 2.38. The standard InChI is InChI=1S/C16H22N2O2/c1-10-5-6-13(9-11(10)2)18-15(20)16(3,4)14(19)17-12-7-8-12/h5-6,9,12H,7-8H2,1-4H3,(H,17,19)(H,18,20). The van der Waals surface area contributed by atoms with Gasteiger partial charge in [0.1, 0.15) is 5.41 Å². The van der Waals surface area contributed by atoms with Gasteiger partial charge in [0.05, 0.1) is 0 Å². The largest absolute Gasteiger partial charge is 0.352 e. The maximum atomic E-state index is 12.3. The lowest BCUT2D eigenvalue weighted by Crippen LogP contribution is -2.45. The molecule has 1 aromatic rings. The summed E-state index contributed by atoms with van der Waals surface area (Å²) in [6.07, 6.45) is 2.03. The van der Waals surface area contributed by atoms with Crippen LogP contribution in [0.5, 0.6) is 0 Å². The first kappa shape index (κ1) is 14.6. The van der Waals surface area contributed by atoms with Crippen LogP contribution in [0.3, 0.4) is 0 Å². The van der Waals surface area contributed by atoms with E-state index >= 15 is 0 Å². The lowest BCUT2D eigenvalue weighted by molar-refractivity contribution is -0.138. The number of anilines is 1. The monoisotopic (exact) mass is 274 g/mol. The summed E-state index contributed by atoms with van der Waals surface area (Å²) in [5, 5.41) is 5.71. The van der Waals surface area contributed by atoms with Crippen LogP contribution in [0.4, 0.5) is 5.69 Å². The van der Waals surface area contributed by atoms with Crippen molar-refractivity contribution in [2.75, 3.05) is 5.32 Å². The first-order valence-corrected chi connectivity index (χ1v) is 7.00. The molecule has 108 valence electrons. The molecule has 0 atom stereocenters. The van der Waals surface area contributed by atoms with Crippen molar-refractivity contribution in [2.45, 2.75) is 46.6 Å². The molecular weight excluding hydrogens is 252 g/mol. The summed E-state index contributed by atoms with van der Waals surface area (Å²) < 4.78 is 0. The molecule has 20 heavy (non-hydrogen) atoms. The molecule has 2 amide bonds. The summed E-state index contributed by atoms with van der Waals surface area (Å²) in [6, 6.07) is 6.00. The Morgan fingerprint density at radius 2 is 1.75 bits per heavy atom. The Morgan fingerprint density at radius 1 is 1.10 bits per heavy atom. The maximum Gasteiger partial charge on any atom is 0.239 e. The number of rotatable bonds is 4. The zero-order valence-corrected chi connectivity index (χ0v) is 12.5. The topological polar surface area (TPSA) is 58.2 Å². The number of aryl methyl sites for hydroxylation is 2. The van der Waals surface area contributed by atoms with E-state index in [0.717, 1.165) is 24.1 Å². The van der Waals surface area contributed by atoms with Crippen LogP contribution in [-0.4, -0.2) is 17.9 Å². The number of nitrogens with one attached hydrogen (secondary N) is 2. The van der Waals surface area contributed by atoms with Crippen molar-refractivity contribution in [2.24, 2.45) is 5.41 Å². The van der Waals surface area contributed by atoms with E-state index in [0.29, 0.717) is 0 Å². The second-order valence-electron chi connectivity index (χ2n) is 6.13. The Bertz CT molecular complexity index is 545. The summed E-state index contributed by atoms with van der Waals surface area (Å²) in [5.74, 6) is -0.486. The molecule has 0 spiro atoms. The molecule has 1 aliphatic carbocycles. The second-order valence-corrected chi connectivity index (χ2v) is 6.13. The van der Waals surface area contributed by atoms with E-state index in [4.69, 9.17) is 0 Å². The van der Waals surface area contributed by atoms with Crippen LogP contribution in [0.2, 0.25) is 0 Å². The predicted octanol–water partition coefficient (Wildman–Crippen LogP) is 2.55. The van der Waals surface area contributed by atoms with E-state index in [2.05, 4.69) is 10.6 Å². The van der Waals surface area contributed by atoms with Gasteiger partial charge < -0.3 is 10.6 Å². The first-order valence-electron chi connectivity index (χ1n) is 7.00. The molecule has 0 bridgehead atoms. The smallest absolute Gasteiger partial charge is 0.239 e. The molecule has 0 heterocycles. The van der Waals surface area contributed by atoms with Gasteiger partial charge in [0.25, 0.3) is 0 Å². The molecule has 1 aliphatic rings. The van der Waals surface area contributed by atoms with Gasteiger partial charge in [-0.2, -0.15) is 0 Å². The van der Waals surface area contributed by atoms with Gasteiger partial charge >= 0.3 is 0 Å². The van der Waals surface area contributed by atoms with Gasteiger partial charge in [0.2, 0.25) is 11.8 Å². The molecule has 0 aromatic heterocycles. The van der Waals surface area contributed by atoms with Gasteiger partial charge in [-0.25, -0.2) is 0 Å². The maximum absolute atomic E-state index is 12.3. The third kappa shape index (κ3) is 3.18. The summed E-state index contributed by atoms with van der Waals surface area (Å²) in [4.78, 5) is 24.4. The van der Waals surface area contributed by atoms with Gasteiger partial charge in [0, 0.05) is 11.7 Å². The molecule has 4 heteroatoms. The third-order valence-electron chi connectivity index (χ3n) is 3.81. The minimum Gasteiger partial charge on any atom is -0.352 e. The van der Waals surface area contributed by atoms with Crippen molar-refractivity contribution < 1.29 is 9.59 Å². The van der Waals surface area contributed by atoms with E-state index in [1.54, 1.807) is 13.8 Å². The van der Waals surface area contributed by atoms with Gasteiger partial charge in [0.15, 0.2) is 0 Å². The predicted molar refractivity (Wildman–Crippen MR) is 79.5 cm³/mol. The number of amides is 2. The lowest BCUT2D eigenvalue weighted by atomic mass is 9.90. The Kier molecular flexibility index (Phi) is 3.84. The second kappa shape index (κ2) is 5.27. The number of hydrogen-bond donors (Lipinski definition) is 2. The fourth-order valence-corrected chi connectivity index (χ4v) is 1.80. The van der Waals surface area contributed by atoms with Gasteiger partial charge in [-0.1, -0.05) is 6.07 Å². The molecule has 1 aromatic carbocycles. The van der Waals surface area contributed by atoms with Crippen molar-refractivity contribution in [3.05, 3.63) is 29.3 Å². The van der Waals surface area contributed by atoms with Crippen LogP contribution in [-0.2, 0) is 9.59 Å². The van der Waals surface area contributed by atoms with Gasteiger partial charge in [-0.05, 0) is 63.8 Å². The normalized spacial score (nSPS) is 14.8. The van der Waals surface area contributed by atoms with Crippen LogP contribution in [0.25, 0.3) is 0 Å². The van der Waals surface area contributed by atoms with Crippen LogP contribution in [0.1, 0.15) is 37.8 Å². The van der Waals surface area contributed by atoms with Gasteiger partial charge in [-0.3, -0.25) is 9.59 Å². The van der Waals surface area contributed by atoms with Gasteiger partial charge in [-0.15, -0.1) is 0 Å². The molecule has 1 fully saturated rings. The number of benzene rings is 1. The zero-order valence-electron chi connectivity index (χ0n) is 12.5. The average Bonchev–Trinajstić information content (AvgIpc) is 3.17. The quantitative estimate of drug-likeness (QED) is 0.829. The van der Waals surface area contributed by atoms with Crippen molar-refractivity contribution in [3.8, 4) is 0 Å². The lowest BCUT2D eigenvalue weighted by Gasteiger charge is -2.23. The molecule has 2 rings (SSSR count). The van der Waals surface area contributed by atoms with E-state index in [9.17, 15) is 9.59 Å². The summed E-state index contributed by atoms with van der Waals surface area (Å²) in [7, 11) is 0.